The molecule has 0 saturated carbocycles. The average Bonchev–Trinajstić information content (AvgIpc) is 2.95. The van der Waals surface area contributed by atoms with E-state index in [1.807, 2.05) is 13.8 Å². The Kier molecular flexibility index (Phi) is 17.7. The largest absolute Gasteiger partial charge is 0.481 e. The minimum Gasteiger partial charge on any atom is -0.481 e. The van der Waals surface area contributed by atoms with Gasteiger partial charge in [-0.05, 0) is 43.7 Å². The van der Waals surface area contributed by atoms with Crippen LogP contribution in [-0.2, 0) is 30.1 Å². The zero-order valence-electron chi connectivity index (χ0n) is 27.3. The van der Waals surface area contributed by atoms with Gasteiger partial charge >= 0.3 is 18.1 Å². The number of carboxylic acid groups (broad SMARTS) is 1. The molecule has 0 aliphatic rings. The maximum absolute atomic E-state index is 13.5. The summed E-state index contributed by atoms with van der Waals surface area (Å²) in [6.07, 6.45) is 2.80. The summed E-state index contributed by atoms with van der Waals surface area (Å²) in [4.78, 5) is 63.3. The maximum atomic E-state index is 13.5. The number of esters is 1. The monoisotopic (exact) mass is 641 g/mol. The number of amides is 1. The first kappa shape index (κ1) is 39.8. The van der Waals surface area contributed by atoms with Crippen LogP contribution in [0.25, 0.3) is 0 Å². The quantitative estimate of drug-likeness (QED) is 0.0992. The van der Waals surface area contributed by atoms with Crippen LogP contribution in [-0.4, -0.2) is 47.2 Å². The van der Waals surface area contributed by atoms with Crippen molar-refractivity contribution in [3.8, 4) is 0 Å². The lowest BCUT2D eigenvalue weighted by Crippen LogP contribution is -2.44. The summed E-state index contributed by atoms with van der Waals surface area (Å²) in [5.74, 6) is -5.40. The van der Waals surface area contributed by atoms with Crippen LogP contribution in [0.3, 0.4) is 0 Å². The number of benzene rings is 1. The van der Waals surface area contributed by atoms with Gasteiger partial charge in [0.2, 0.25) is 5.91 Å². The van der Waals surface area contributed by atoms with Gasteiger partial charge in [-0.2, -0.15) is 13.2 Å². The van der Waals surface area contributed by atoms with Crippen molar-refractivity contribution in [2.45, 2.75) is 124 Å². The highest BCUT2D eigenvalue weighted by atomic mass is 19.4. The van der Waals surface area contributed by atoms with Crippen molar-refractivity contribution in [3.05, 3.63) is 34.9 Å². The van der Waals surface area contributed by atoms with E-state index in [4.69, 9.17) is 4.74 Å². The topological polar surface area (TPSA) is 127 Å². The number of carbonyl (C=O) groups excluding carboxylic acids is 4. The van der Waals surface area contributed by atoms with Gasteiger partial charge in [-0.1, -0.05) is 84.8 Å². The number of carboxylic acids is 1. The van der Waals surface area contributed by atoms with Gasteiger partial charge in [0, 0.05) is 24.7 Å². The number of ether oxygens (including phenoxy) is 1. The van der Waals surface area contributed by atoms with Crippen molar-refractivity contribution in [1.82, 2.24) is 5.32 Å². The van der Waals surface area contributed by atoms with Crippen molar-refractivity contribution in [1.29, 1.82) is 0 Å². The van der Waals surface area contributed by atoms with Crippen molar-refractivity contribution < 1.29 is 47.0 Å². The second kappa shape index (κ2) is 20.0. The summed E-state index contributed by atoms with van der Waals surface area (Å²) < 4.78 is 45.5. The lowest BCUT2D eigenvalue weighted by Gasteiger charge is -2.23. The molecule has 0 aliphatic carbocycles. The smallest absolute Gasteiger partial charge is 0.417 e. The van der Waals surface area contributed by atoms with Gasteiger partial charge in [0.15, 0.2) is 18.2 Å². The first-order valence-electron chi connectivity index (χ1n) is 16.0. The second-order valence-corrected chi connectivity index (χ2v) is 12.3. The van der Waals surface area contributed by atoms with Crippen LogP contribution in [0, 0.1) is 24.7 Å². The van der Waals surface area contributed by atoms with Crippen LogP contribution in [0.4, 0.5) is 13.2 Å². The fourth-order valence-electron chi connectivity index (χ4n) is 5.22. The Labute approximate surface area is 264 Å². The Morgan fingerprint density at radius 1 is 0.911 bits per heavy atom. The molecule has 0 fully saturated rings. The molecule has 1 aromatic rings. The zero-order chi connectivity index (χ0) is 34.2. The van der Waals surface area contributed by atoms with E-state index in [-0.39, 0.29) is 43.1 Å². The molecule has 0 heterocycles. The highest BCUT2D eigenvalue weighted by Gasteiger charge is 2.37. The lowest BCUT2D eigenvalue weighted by atomic mass is 9.86. The number of aliphatic carboxylic acids is 1. The Balaban J connectivity index is 2.92. The van der Waals surface area contributed by atoms with Gasteiger partial charge in [-0.15, -0.1) is 0 Å². The zero-order valence-corrected chi connectivity index (χ0v) is 27.3. The van der Waals surface area contributed by atoms with E-state index < -0.39 is 65.3 Å². The second-order valence-electron chi connectivity index (χ2n) is 12.3. The molecule has 0 aliphatic heterocycles. The minimum atomic E-state index is -4.81. The average molecular weight is 642 g/mol. The van der Waals surface area contributed by atoms with Gasteiger partial charge in [0.25, 0.3) is 0 Å². The molecule has 11 heteroatoms. The van der Waals surface area contributed by atoms with E-state index in [0.717, 1.165) is 31.7 Å². The molecule has 1 aromatic carbocycles. The standard InChI is InChI=1S/C34H50F3NO7/c1-6-7-8-9-10-11-12-14-24(5)32(43)38-27(17-18-30(41)42)28(39)20-25(19-22(2)3)29(40)21-45-33(44)31-23(4)15-13-16-26(31)34(35,36)37/h13,15-16,22,24-25,27H,6-12,14,17-21H2,1-5H3,(H,38,43)(H,41,42)/t24?,25-,27?/m1/s1. The maximum Gasteiger partial charge on any atom is 0.417 e. The molecule has 0 bridgehead atoms. The van der Waals surface area contributed by atoms with E-state index in [9.17, 15) is 42.3 Å². The number of carbonyl (C=O) groups is 5. The van der Waals surface area contributed by atoms with Gasteiger partial charge in [-0.25, -0.2) is 4.79 Å². The molecule has 2 N–H and O–H groups in total. The molecular formula is C34H50F3NO7. The summed E-state index contributed by atoms with van der Waals surface area (Å²) in [6.45, 7) is 8.03. The fraction of sp³-hybridized carbons (Fsp3) is 0.676. The van der Waals surface area contributed by atoms with Crippen LogP contribution in [0.2, 0.25) is 0 Å². The summed E-state index contributed by atoms with van der Waals surface area (Å²) >= 11 is 0. The SMILES string of the molecule is CCCCCCCCCC(C)C(=O)NC(CCC(=O)O)C(=O)C[C@@H](CC(C)C)C(=O)COC(=O)c1c(C)cccc1C(F)(F)F. The molecule has 3 atom stereocenters. The van der Waals surface area contributed by atoms with Crippen molar-refractivity contribution >= 4 is 29.4 Å². The van der Waals surface area contributed by atoms with E-state index in [2.05, 4.69) is 12.2 Å². The minimum absolute atomic E-state index is 0.0365. The van der Waals surface area contributed by atoms with Crippen molar-refractivity contribution in [3.63, 3.8) is 0 Å². The Hall–Kier alpha value is -3.24. The first-order chi connectivity index (χ1) is 21.1. The summed E-state index contributed by atoms with van der Waals surface area (Å²) in [7, 11) is 0. The number of halogens is 3. The lowest BCUT2D eigenvalue weighted by molar-refractivity contribution is -0.139. The number of alkyl halides is 3. The number of hydrogen-bond donors (Lipinski definition) is 2. The van der Waals surface area contributed by atoms with Crippen LogP contribution in [0.5, 0.6) is 0 Å². The van der Waals surface area contributed by atoms with E-state index in [1.54, 1.807) is 6.92 Å². The normalized spacial score (nSPS) is 13.6. The van der Waals surface area contributed by atoms with Crippen LogP contribution in [0.15, 0.2) is 18.2 Å². The predicted molar refractivity (Wildman–Crippen MR) is 165 cm³/mol. The van der Waals surface area contributed by atoms with Gasteiger partial charge in [0.1, 0.15) is 0 Å². The third-order valence-electron chi connectivity index (χ3n) is 7.83. The van der Waals surface area contributed by atoms with E-state index >= 15 is 0 Å². The molecule has 0 aromatic heterocycles. The molecule has 254 valence electrons. The third kappa shape index (κ3) is 15.1. The molecule has 2 unspecified atom stereocenters. The molecule has 1 amide bonds. The molecule has 45 heavy (non-hydrogen) atoms. The number of ketones is 2. The third-order valence-corrected chi connectivity index (χ3v) is 7.83. The number of unbranched alkanes of at least 4 members (excludes halogenated alkanes) is 6. The Morgan fingerprint density at radius 2 is 1.53 bits per heavy atom. The predicted octanol–water partition coefficient (Wildman–Crippen LogP) is 7.49. The summed E-state index contributed by atoms with van der Waals surface area (Å²) in [5.41, 5.74) is -1.82. The molecule has 8 nitrogen and oxygen atoms in total. The highest BCUT2D eigenvalue weighted by Crippen LogP contribution is 2.33. The summed E-state index contributed by atoms with van der Waals surface area (Å²) in [5, 5.41) is 11.9. The molecule has 0 spiro atoms. The number of nitrogens with one attached hydrogen (secondary N) is 1. The van der Waals surface area contributed by atoms with Gasteiger partial charge in [-0.3, -0.25) is 19.2 Å². The Bertz CT molecular complexity index is 1130. The number of Topliss-reactive ketones (excluding diaryl/α,β-unsaturated/α-hetero) is 2. The van der Waals surface area contributed by atoms with Gasteiger partial charge in [0.05, 0.1) is 17.2 Å². The van der Waals surface area contributed by atoms with Crippen molar-refractivity contribution in [2.24, 2.45) is 17.8 Å². The van der Waals surface area contributed by atoms with Crippen LogP contribution < -0.4 is 5.32 Å². The molecular weight excluding hydrogens is 591 g/mol. The van der Waals surface area contributed by atoms with Crippen LogP contribution >= 0.6 is 0 Å². The number of hydrogen-bond acceptors (Lipinski definition) is 6. The van der Waals surface area contributed by atoms with E-state index in [1.165, 1.54) is 38.3 Å². The highest BCUT2D eigenvalue weighted by molar-refractivity contribution is 5.96. The first-order valence-corrected chi connectivity index (χ1v) is 16.0. The van der Waals surface area contributed by atoms with Crippen LogP contribution in [0.1, 0.15) is 126 Å². The molecule has 0 radical (unpaired) electrons. The summed E-state index contributed by atoms with van der Waals surface area (Å²) in [6, 6.07) is 2.12. The van der Waals surface area contributed by atoms with Gasteiger partial charge < -0.3 is 15.2 Å². The Morgan fingerprint density at radius 3 is 2.11 bits per heavy atom. The van der Waals surface area contributed by atoms with Crippen molar-refractivity contribution in [2.75, 3.05) is 6.61 Å². The number of rotatable bonds is 22. The van der Waals surface area contributed by atoms with E-state index in [0.29, 0.717) is 6.42 Å². The molecule has 0 saturated heterocycles. The fourth-order valence-corrected chi connectivity index (χ4v) is 5.22. The number of aryl methyl sites for hydroxylation is 1. The molecule has 1 rings (SSSR count).